The minimum Gasteiger partial charge on any atom is -0.223 e. The van der Waals surface area contributed by atoms with Gasteiger partial charge in [0.2, 0.25) is 0 Å². The van der Waals surface area contributed by atoms with Crippen LogP contribution in [0.5, 0.6) is 0 Å². The molecular formula is C52H70Cl2O4S2. The van der Waals surface area contributed by atoms with E-state index in [2.05, 4.69) is 53.7 Å². The molecule has 0 aromatic heterocycles. The fourth-order valence-electron chi connectivity index (χ4n) is 8.85. The van der Waals surface area contributed by atoms with Gasteiger partial charge in [-0.15, -0.1) is 23.2 Å². The standard InChI is InChI=1S/C52H70Cl2O4S2/c1-37(29-31-45-39(3)23-19-33-51(45,7)8)35-47(59(55,56)43-25-13-11-14-26-43)49(53)41(5)21-17-18-22-42(6)50(54)48(60(57,58)44-27-15-12-16-28-44)36-38(2)30-32-46-40(4)24-20-34-52(46,9)10/h11-18,25-32,35-36,41-42,47-50H,19-24,33-34H2,1-10H3/b18-17+,31-29+,32-30+,37-35+,38-36+. The van der Waals surface area contributed by atoms with Crippen LogP contribution in [0, 0.1) is 22.7 Å². The summed E-state index contributed by atoms with van der Waals surface area (Å²) in [5.74, 6) is -0.388. The molecule has 6 unspecified atom stereocenters. The quantitative estimate of drug-likeness (QED) is 0.0849. The minimum atomic E-state index is -3.81. The number of rotatable bonds is 18. The first-order valence-electron chi connectivity index (χ1n) is 21.7. The highest BCUT2D eigenvalue weighted by Crippen LogP contribution is 2.42. The SMILES string of the molecule is CC1=C(/C=C/C(C)=C/C(C(Cl)C(C)C/C=C/CC(C)C(Cl)C(/C=C(C)/C=C/C2=C(C)CCCC2(C)C)S(=O)(=O)c2ccccc2)S(=O)(=O)c2ccccc2)C(C)(C)CCC1. The van der Waals surface area contributed by atoms with Gasteiger partial charge < -0.3 is 0 Å². The summed E-state index contributed by atoms with van der Waals surface area (Å²) < 4.78 is 56.8. The van der Waals surface area contributed by atoms with Crippen molar-refractivity contribution in [2.24, 2.45) is 22.7 Å². The Hall–Kier alpha value is -2.90. The van der Waals surface area contributed by atoms with Crippen molar-refractivity contribution in [2.45, 2.75) is 152 Å². The molecule has 8 heteroatoms. The van der Waals surface area contributed by atoms with Crippen LogP contribution in [0.2, 0.25) is 0 Å². The van der Waals surface area contributed by atoms with E-state index in [0.717, 1.165) is 36.8 Å². The van der Waals surface area contributed by atoms with Crippen molar-refractivity contribution in [3.05, 3.63) is 143 Å². The van der Waals surface area contributed by atoms with Crippen LogP contribution in [0.4, 0.5) is 0 Å². The zero-order valence-electron chi connectivity index (χ0n) is 37.7. The van der Waals surface area contributed by atoms with Gasteiger partial charge in [0.25, 0.3) is 0 Å². The number of sulfone groups is 2. The highest BCUT2D eigenvalue weighted by atomic mass is 35.5. The number of benzene rings is 2. The number of hydrogen-bond donors (Lipinski definition) is 0. The van der Waals surface area contributed by atoms with Crippen LogP contribution in [0.15, 0.2) is 153 Å². The summed E-state index contributed by atoms with van der Waals surface area (Å²) in [6, 6.07) is 17.1. The third-order valence-corrected chi connectivity index (χ3v) is 18.6. The lowest BCUT2D eigenvalue weighted by molar-refractivity contribution is 0.376. The van der Waals surface area contributed by atoms with Crippen molar-refractivity contribution in [2.75, 3.05) is 0 Å². The second-order valence-electron chi connectivity index (χ2n) is 18.8. The Labute approximate surface area is 374 Å². The molecule has 2 aliphatic rings. The Balaban J connectivity index is 1.54. The largest absolute Gasteiger partial charge is 0.223 e. The van der Waals surface area contributed by atoms with Crippen LogP contribution in [0.1, 0.15) is 121 Å². The summed E-state index contributed by atoms with van der Waals surface area (Å²) in [5, 5.41) is -3.33. The number of hydrogen-bond acceptors (Lipinski definition) is 4. The lowest BCUT2D eigenvalue weighted by Gasteiger charge is -2.33. The van der Waals surface area contributed by atoms with Crippen molar-refractivity contribution >= 4 is 42.9 Å². The first kappa shape index (κ1) is 49.8. The lowest BCUT2D eigenvalue weighted by atomic mass is 9.72. The fourth-order valence-corrected chi connectivity index (χ4v) is 13.7. The van der Waals surface area contributed by atoms with Crippen molar-refractivity contribution in [1.82, 2.24) is 0 Å². The van der Waals surface area contributed by atoms with E-state index >= 15 is 0 Å². The summed E-state index contributed by atoms with van der Waals surface area (Å²) in [5.41, 5.74) is 7.23. The molecule has 0 bridgehead atoms. The van der Waals surface area contributed by atoms with E-state index in [-0.39, 0.29) is 32.5 Å². The molecule has 0 radical (unpaired) electrons. The molecule has 0 aliphatic heterocycles. The Morgan fingerprint density at radius 2 is 0.950 bits per heavy atom. The highest BCUT2D eigenvalue weighted by molar-refractivity contribution is 7.92. The predicted octanol–water partition coefficient (Wildman–Crippen LogP) is 14.6. The summed E-state index contributed by atoms with van der Waals surface area (Å²) in [7, 11) is -7.63. The van der Waals surface area contributed by atoms with Gasteiger partial charge in [0, 0.05) is 0 Å². The molecule has 2 aliphatic carbocycles. The maximum absolute atomic E-state index is 14.2. The molecule has 0 saturated carbocycles. The first-order chi connectivity index (χ1) is 28.1. The van der Waals surface area contributed by atoms with E-state index in [1.807, 2.05) is 76.3 Å². The van der Waals surface area contributed by atoms with Gasteiger partial charge >= 0.3 is 0 Å². The van der Waals surface area contributed by atoms with E-state index in [0.29, 0.717) is 12.8 Å². The second-order valence-corrected chi connectivity index (χ2v) is 24.0. The number of allylic oxidation sites excluding steroid dienone is 12. The van der Waals surface area contributed by atoms with Crippen molar-refractivity contribution in [3.63, 3.8) is 0 Å². The number of alkyl halides is 2. The van der Waals surface area contributed by atoms with E-state index in [4.69, 9.17) is 23.2 Å². The molecule has 0 amide bonds. The van der Waals surface area contributed by atoms with E-state index < -0.39 is 40.9 Å². The average molecular weight is 894 g/mol. The van der Waals surface area contributed by atoms with Crippen molar-refractivity contribution in [3.8, 4) is 0 Å². The van der Waals surface area contributed by atoms with Crippen molar-refractivity contribution in [1.29, 1.82) is 0 Å². The van der Waals surface area contributed by atoms with Gasteiger partial charge in [0.05, 0.1) is 20.5 Å². The Kier molecular flexibility index (Phi) is 17.8. The average Bonchev–Trinajstić information content (AvgIpc) is 3.19. The monoisotopic (exact) mass is 892 g/mol. The molecule has 4 nitrogen and oxygen atoms in total. The van der Waals surface area contributed by atoms with Gasteiger partial charge in [-0.1, -0.05) is 149 Å². The second kappa shape index (κ2) is 21.5. The van der Waals surface area contributed by atoms with E-state index in [9.17, 15) is 16.8 Å². The van der Waals surface area contributed by atoms with E-state index in [1.54, 1.807) is 48.5 Å². The summed E-state index contributed by atoms with van der Waals surface area (Å²) in [6.07, 6.45) is 23.9. The first-order valence-corrected chi connectivity index (χ1v) is 25.7. The molecule has 0 saturated heterocycles. The molecule has 0 fully saturated rings. The molecule has 4 rings (SSSR count). The maximum atomic E-state index is 14.2. The van der Waals surface area contributed by atoms with Crippen LogP contribution in [-0.4, -0.2) is 38.1 Å². The molecule has 328 valence electrons. The smallest absolute Gasteiger partial charge is 0.186 e. The summed E-state index contributed by atoms with van der Waals surface area (Å²) in [4.78, 5) is 0.491. The molecule has 0 N–H and O–H groups in total. The molecule has 2 aromatic rings. The zero-order valence-corrected chi connectivity index (χ0v) is 40.9. The highest BCUT2D eigenvalue weighted by Gasteiger charge is 2.37. The van der Waals surface area contributed by atoms with Gasteiger partial charge in [-0.05, 0) is 137 Å². The predicted molar refractivity (Wildman–Crippen MR) is 257 cm³/mol. The maximum Gasteiger partial charge on any atom is 0.186 e. The number of halogens is 2. The fraction of sp³-hybridized carbons (Fsp3) is 0.500. The van der Waals surface area contributed by atoms with Crippen LogP contribution >= 0.6 is 23.2 Å². The van der Waals surface area contributed by atoms with Gasteiger partial charge in [-0.2, -0.15) is 0 Å². The lowest BCUT2D eigenvalue weighted by Crippen LogP contribution is -2.34. The van der Waals surface area contributed by atoms with Crippen molar-refractivity contribution < 1.29 is 16.8 Å². The molecule has 2 aromatic carbocycles. The molecule has 60 heavy (non-hydrogen) atoms. The van der Waals surface area contributed by atoms with Gasteiger partial charge in [0.1, 0.15) is 10.5 Å². The van der Waals surface area contributed by atoms with Gasteiger partial charge in [0.15, 0.2) is 19.7 Å². The van der Waals surface area contributed by atoms with Gasteiger partial charge in [-0.3, -0.25) is 0 Å². The molecule has 0 spiro atoms. The third kappa shape index (κ3) is 12.8. The Morgan fingerprint density at radius 3 is 1.27 bits per heavy atom. The third-order valence-electron chi connectivity index (χ3n) is 12.7. The summed E-state index contributed by atoms with van der Waals surface area (Å²) >= 11 is 14.4. The van der Waals surface area contributed by atoms with Crippen LogP contribution in [0.3, 0.4) is 0 Å². The zero-order chi connectivity index (χ0) is 44.5. The minimum absolute atomic E-state index is 0.0682. The molecule has 6 atom stereocenters. The van der Waals surface area contributed by atoms with Crippen LogP contribution < -0.4 is 0 Å². The molecular weight excluding hydrogens is 824 g/mol. The van der Waals surface area contributed by atoms with Gasteiger partial charge in [-0.25, -0.2) is 16.8 Å². The topological polar surface area (TPSA) is 68.3 Å². The molecule has 0 heterocycles. The van der Waals surface area contributed by atoms with E-state index in [1.165, 1.54) is 35.1 Å². The Morgan fingerprint density at radius 1 is 0.617 bits per heavy atom. The van der Waals surface area contributed by atoms with Crippen LogP contribution in [0.25, 0.3) is 0 Å². The summed E-state index contributed by atoms with van der Waals surface area (Å²) in [6.45, 7) is 21.3. The Bertz CT molecular complexity index is 2050. The van der Waals surface area contributed by atoms with Crippen LogP contribution in [-0.2, 0) is 19.7 Å². The normalized spacial score (nSPS) is 21.4.